The van der Waals surface area contributed by atoms with Crippen molar-refractivity contribution in [3.05, 3.63) is 113 Å². The van der Waals surface area contributed by atoms with Gasteiger partial charge in [0.15, 0.2) is 0 Å². The zero-order valence-corrected chi connectivity index (χ0v) is 16.3. The Balaban J connectivity index is 1.69. The number of carbonyl (C=O) groups excluding carboxylic acids is 1. The molecular formula is C24H18ClFN2O. The summed E-state index contributed by atoms with van der Waals surface area (Å²) in [6.45, 7) is 0.696. The number of carbonyl (C=O) groups is 1. The quantitative estimate of drug-likeness (QED) is 0.390. The number of pyridine rings is 1. The van der Waals surface area contributed by atoms with E-state index in [1.807, 2.05) is 60.7 Å². The van der Waals surface area contributed by atoms with E-state index < -0.39 is 0 Å². The lowest BCUT2D eigenvalue weighted by Gasteiger charge is -2.24. The lowest BCUT2D eigenvalue weighted by molar-refractivity contribution is 0.0730. The van der Waals surface area contributed by atoms with Gasteiger partial charge in [-0.15, -0.1) is 0 Å². The monoisotopic (exact) mass is 404 g/mol. The van der Waals surface area contributed by atoms with Gasteiger partial charge in [0.2, 0.25) is 0 Å². The van der Waals surface area contributed by atoms with E-state index in [4.69, 9.17) is 11.6 Å². The summed E-state index contributed by atoms with van der Waals surface area (Å²) in [7, 11) is 0. The third-order valence-corrected chi connectivity index (χ3v) is 5.03. The first-order valence-electron chi connectivity index (χ1n) is 9.23. The fourth-order valence-corrected chi connectivity index (χ4v) is 3.44. The molecule has 29 heavy (non-hydrogen) atoms. The normalized spacial score (nSPS) is 10.8. The number of aromatic nitrogens is 1. The van der Waals surface area contributed by atoms with Crippen molar-refractivity contribution in [1.82, 2.24) is 9.88 Å². The van der Waals surface area contributed by atoms with Gasteiger partial charge in [0.05, 0.1) is 5.52 Å². The molecule has 1 heterocycles. The number of halogens is 2. The Bertz CT molecular complexity index is 1150. The van der Waals surface area contributed by atoms with Gasteiger partial charge in [-0.25, -0.2) is 9.37 Å². The van der Waals surface area contributed by atoms with E-state index in [1.54, 1.807) is 4.90 Å². The second-order valence-electron chi connectivity index (χ2n) is 6.78. The second-order valence-corrected chi connectivity index (χ2v) is 7.14. The number of hydrogen-bond acceptors (Lipinski definition) is 2. The molecule has 0 saturated heterocycles. The number of para-hydroxylation sites is 1. The minimum atomic E-state index is -0.377. The number of nitrogens with zero attached hydrogens (tertiary/aromatic N) is 2. The Hall–Kier alpha value is -3.24. The number of rotatable bonds is 5. The first-order valence-corrected chi connectivity index (χ1v) is 9.61. The van der Waals surface area contributed by atoms with Crippen molar-refractivity contribution in [2.45, 2.75) is 13.1 Å². The third-order valence-electron chi connectivity index (χ3n) is 4.71. The van der Waals surface area contributed by atoms with Crippen molar-refractivity contribution in [3.8, 4) is 0 Å². The Labute approximate surface area is 173 Å². The van der Waals surface area contributed by atoms with E-state index in [-0.39, 0.29) is 11.7 Å². The summed E-state index contributed by atoms with van der Waals surface area (Å²) in [6, 6.07) is 25.0. The first kappa shape index (κ1) is 19.1. The predicted molar refractivity (Wildman–Crippen MR) is 113 cm³/mol. The highest BCUT2D eigenvalue weighted by atomic mass is 35.5. The molecule has 3 nitrogen and oxygen atoms in total. The highest BCUT2D eigenvalue weighted by Gasteiger charge is 2.19. The van der Waals surface area contributed by atoms with Crippen molar-refractivity contribution in [2.24, 2.45) is 0 Å². The van der Waals surface area contributed by atoms with Crippen LogP contribution in [0.15, 0.2) is 84.9 Å². The van der Waals surface area contributed by atoms with Crippen LogP contribution in [0.2, 0.25) is 5.15 Å². The number of hydrogen-bond donors (Lipinski definition) is 0. The summed E-state index contributed by atoms with van der Waals surface area (Å²) < 4.78 is 13.3. The molecule has 0 aliphatic rings. The lowest BCUT2D eigenvalue weighted by Crippen LogP contribution is -2.30. The molecule has 0 aliphatic heterocycles. The summed E-state index contributed by atoms with van der Waals surface area (Å²) in [5.74, 6) is -0.573. The predicted octanol–water partition coefficient (Wildman–Crippen LogP) is 5.87. The van der Waals surface area contributed by atoms with E-state index in [0.29, 0.717) is 23.8 Å². The van der Waals surface area contributed by atoms with Crippen LogP contribution in [0.5, 0.6) is 0 Å². The van der Waals surface area contributed by atoms with Gasteiger partial charge in [-0.3, -0.25) is 4.79 Å². The summed E-state index contributed by atoms with van der Waals surface area (Å²) in [5.41, 5.74) is 2.98. The zero-order chi connectivity index (χ0) is 20.2. The molecule has 0 aliphatic carbocycles. The molecule has 0 bridgehead atoms. The summed E-state index contributed by atoms with van der Waals surface area (Å²) in [6.07, 6.45) is 0. The Morgan fingerprint density at radius 1 is 0.897 bits per heavy atom. The third kappa shape index (κ3) is 4.44. The van der Waals surface area contributed by atoms with E-state index in [1.165, 1.54) is 24.3 Å². The molecule has 1 aromatic heterocycles. The Morgan fingerprint density at radius 3 is 2.34 bits per heavy atom. The van der Waals surface area contributed by atoms with E-state index in [0.717, 1.165) is 22.0 Å². The van der Waals surface area contributed by atoms with Crippen LogP contribution in [0, 0.1) is 5.82 Å². The molecular weight excluding hydrogens is 387 g/mol. The Morgan fingerprint density at radius 2 is 1.59 bits per heavy atom. The van der Waals surface area contributed by atoms with Gasteiger partial charge >= 0.3 is 0 Å². The molecule has 0 spiro atoms. The van der Waals surface area contributed by atoms with Gasteiger partial charge in [-0.05, 0) is 42.0 Å². The van der Waals surface area contributed by atoms with E-state index >= 15 is 0 Å². The van der Waals surface area contributed by atoms with Gasteiger partial charge in [0.1, 0.15) is 11.0 Å². The summed E-state index contributed by atoms with van der Waals surface area (Å²) >= 11 is 6.42. The molecule has 4 aromatic rings. The van der Waals surface area contributed by atoms with Gasteiger partial charge in [-0.2, -0.15) is 0 Å². The van der Waals surface area contributed by atoms with Gasteiger partial charge in [0.25, 0.3) is 5.91 Å². The molecule has 0 atom stereocenters. The fraction of sp³-hybridized carbons (Fsp3) is 0.0833. The van der Waals surface area contributed by atoms with Gasteiger partial charge in [0, 0.05) is 29.6 Å². The lowest BCUT2D eigenvalue weighted by atomic mass is 10.1. The highest BCUT2D eigenvalue weighted by Crippen LogP contribution is 2.23. The maximum atomic E-state index is 13.3. The largest absolute Gasteiger partial charge is 0.330 e. The summed E-state index contributed by atoms with van der Waals surface area (Å²) in [4.78, 5) is 19.3. The van der Waals surface area contributed by atoms with Crippen molar-refractivity contribution in [1.29, 1.82) is 0 Å². The minimum Gasteiger partial charge on any atom is -0.330 e. The van der Waals surface area contributed by atoms with Crippen LogP contribution < -0.4 is 0 Å². The molecule has 0 unspecified atom stereocenters. The summed E-state index contributed by atoms with van der Waals surface area (Å²) in [5, 5.41) is 1.33. The van der Waals surface area contributed by atoms with Crippen molar-refractivity contribution >= 4 is 28.4 Å². The SMILES string of the molecule is O=C(c1ccc(F)cc1)N(Cc1ccccc1)Cc1cc2ccccc2nc1Cl. The van der Waals surface area contributed by atoms with E-state index in [2.05, 4.69) is 4.98 Å². The van der Waals surface area contributed by atoms with Gasteiger partial charge < -0.3 is 4.90 Å². The molecule has 0 fully saturated rings. The minimum absolute atomic E-state index is 0.196. The molecule has 1 amide bonds. The van der Waals surface area contributed by atoms with Crippen molar-refractivity contribution in [3.63, 3.8) is 0 Å². The van der Waals surface area contributed by atoms with Crippen LogP contribution in [0.3, 0.4) is 0 Å². The van der Waals surface area contributed by atoms with Crippen LogP contribution in [-0.2, 0) is 13.1 Å². The molecule has 0 saturated carbocycles. The second kappa shape index (κ2) is 8.41. The Kier molecular flexibility index (Phi) is 5.54. The number of fused-ring (bicyclic) bond motifs is 1. The van der Waals surface area contributed by atoms with Crippen LogP contribution >= 0.6 is 11.6 Å². The highest BCUT2D eigenvalue weighted by molar-refractivity contribution is 6.30. The average Bonchev–Trinajstić information content (AvgIpc) is 2.74. The number of amides is 1. The average molecular weight is 405 g/mol. The van der Waals surface area contributed by atoms with Crippen molar-refractivity contribution < 1.29 is 9.18 Å². The van der Waals surface area contributed by atoms with Gasteiger partial charge in [-0.1, -0.05) is 60.1 Å². The first-order chi connectivity index (χ1) is 14.1. The zero-order valence-electron chi connectivity index (χ0n) is 15.6. The molecule has 4 rings (SSSR count). The smallest absolute Gasteiger partial charge is 0.254 e. The fourth-order valence-electron chi connectivity index (χ4n) is 3.23. The van der Waals surface area contributed by atoms with Crippen LogP contribution in [0.1, 0.15) is 21.5 Å². The van der Waals surface area contributed by atoms with Crippen LogP contribution in [0.4, 0.5) is 4.39 Å². The molecule has 0 radical (unpaired) electrons. The molecule has 3 aromatic carbocycles. The molecule has 5 heteroatoms. The standard InChI is InChI=1S/C24H18ClFN2O/c25-23-20(14-19-8-4-5-9-22(19)27-23)16-28(15-17-6-2-1-3-7-17)24(29)18-10-12-21(26)13-11-18/h1-14H,15-16H2. The number of benzene rings is 3. The molecule has 144 valence electrons. The van der Waals surface area contributed by atoms with Crippen LogP contribution in [-0.4, -0.2) is 15.8 Å². The maximum absolute atomic E-state index is 13.3. The molecule has 0 N–H and O–H groups in total. The maximum Gasteiger partial charge on any atom is 0.254 e. The van der Waals surface area contributed by atoms with Crippen molar-refractivity contribution in [2.75, 3.05) is 0 Å². The van der Waals surface area contributed by atoms with E-state index in [9.17, 15) is 9.18 Å². The van der Waals surface area contributed by atoms with Crippen LogP contribution in [0.25, 0.3) is 10.9 Å². The topological polar surface area (TPSA) is 33.2 Å².